The van der Waals surface area contributed by atoms with Crippen LogP contribution in [-0.2, 0) is 9.53 Å². The van der Waals surface area contributed by atoms with Crippen molar-refractivity contribution < 1.29 is 19.4 Å². The molecule has 0 radical (unpaired) electrons. The van der Waals surface area contributed by atoms with Crippen LogP contribution in [0.5, 0.6) is 5.75 Å². The van der Waals surface area contributed by atoms with Gasteiger partial charge in [0.2, 0.25) is 0 Å². The lowest BCUT2D eigenvalue weighted by Crippen LogP contribution is -2.27. The summed E-state index contributed by atoms with van der Waals surface area (Å²) in [4.78, 5) is 12.0. The lowest BCUT2D eigenvalue weighted by molar-refractivity contribution is -0.124. The molecule has 1 atom stereocenters. The van der Waals surface area contributed by atoms with Gasteiger partial charge in [-0.05, 0) is 31.0 Å². The molecule has 5 heteroatoms. The zero-order valence-corrected chi connectivity index (χ0v) is 11.3. The van der Waals surface area contributed by atoms with Crippen molar-refractivity contribution in [2.45, 2.75) is 18.9 Å². The molecule has 1 aromatic rings. The maximum atomic E-state index is 12.0. The second-order valence-corrected chi connectivity index (χ2v) is 4.37. The van der Waals surface area contributed by atoms with E-state index >= 15 is 0 Å². The van der Waals surface area contributed by atoms with Gasteiger partial charge < -0.3 is 19.9 Å². The van der Waals surface area contributed by atoms with E-state index in [1.54, 1.807) is 18.2 Å². The van der Waals surface area contributed by atoms with E-state index in [-0.39, 0.29) is 12.5 Å². The van der Waals surface area contributed by atoms with Gasteiger partial charge in [-0.2, -0.15) is 0 Å². The number of methoxy groups -OCH3 is 1. The smallest absolute Gasteiger partial charge is 0.253 e. The number of amides is 1. The Balaban J connectivity index is 2.17. The Labute approximate surface area is 117 Å². The third-order valence-electron chi connectivity index (χ3n) is 2.99. The normalized spacial score (nSPS) is 17.2. The van der Waals surface area contributed by atoms with Gasteiger partial charge in [-0.3, -0.25) is 4.79 Å². The van der Waals surface area contributed by atoms with Crippen LogP contribution in [0.3, 0.4) is 0 Å². The minimum Gasteiger partial charge on any atom is -0.495 e. The van der Waals surface area contributed by atoms with Crippen molar-refractivity contribution in [1.82, 2.24) is 0 Å². The van der Waals surface area contributed by atoms with E-state index in [1.807, 2.05) is 0 Å². The number of anilines is 1. The Morgan fingerprint density at radius 2 is 2.45 bits per heavy atom. The molecule has 1 heterocycles. The zero-order valence-electron chi connectivity index (χ0n) is 11.3. The van der Waals surface area contributed by atoms with Crippen LogP contribution in [0.4, 0.5) is 5.69 Å². The van der Waals surface area contributed by atoms with Gasteiger partial charge in [0.05, 0.1) is 12.8 Å². The highest BCUT2D eigenvalue weighted by molar-refractivity contribution is 5.95. The topological polar surface area (TPSA) is 67.8 Å². The molecule has 5 nitrogen and oxygen atoms in total. The quantitative estimate of drug-likeness (QED) is 0.812. The van der Waals surface area contributed by atoms with Gasteiger partial charge in [0.15, 0.2) is 0 Å². The molecule has 1 aliphatic rings. The van der Waals surface area contributed by atoms with Crippen LogP contribution in [0, 0.1) is 11.8 Å². The molecule has 20 heavy (non-hydrogen) atoms. The lowest BCUT2D eigenvalue weighted by Gasteiger charge is -2.13. The maximum absolute atomic E-state index is 12.0. The summed E-state index contributed by atoms with van der Waals surface area (Å²) < 4.78 is 10.6. The number of hydrogen-bond acceptors (Lipinski definition) is 4. The molecule has 0 spiro atoms. The molecule has 1 aromatic carbocycles. The van der Waals surface area contributed by atoms with E-state index in [4.69, 9.17) is 14.6 Å². The summed E-state index contributed by atoms with van der Waals surface area (Å²) in [5.74, 6) is 5.74. The van der Waals surface area contributed by atoms with E-state index in [0.29, 0.717) is 23.6 Å². The SMILES string of the molecule is COc1ccc(C#CCO)cc1NC(=O)C1CCCO1. The van der Waals surface area contributed by atoms with Crippen molar-refractivity contribution in [2.75, 3.05) is 25.6 Å². The second-order valence-electron chi connectivity index (χ2n) is 4.37. The Kier molecular flexibility index (Phi) is 4.99. The Bertz CT molecular complexity index is 539. The summed E-state index contributed by atoms with van der Waals surface area (Å²) in [5.41, 5.74) is 1.25. The predicted molar refractivity (Wildman–Crippen MR) is 74.6 cm³/mol. The molecular weight excluding hydrogens is 258 g/mol. The van der Waals surface area contributed by atoms with Gasteiger partial charge in [0.25, 0.3) is 5.91 Å². The van der Waals surface area contributed by atoms with Crippen molar-refractivity contribution >= 4 is 11.6 Å². The molecule has 0 bridgehead atoms. The third-order valence-corrected chi connectivity index (χ3v) is 2.99. The summed E-state index contributed by atoms with van der Waals surface area (Å²) >= 11 is 0. The van der Waals surface area contributed by atoms with E-state index in [9.17, 15) is 4.79 Å². The monoisotopic (exact) mass is 275 g/mol. The molecule has 1 amide bonds. The number of nitrogens with one attached hydrogen (secondary N) is 1. The van der Waals surface area contributed by atoms with E-state index in [1.165, 1.54) is 7.11 Å². The van der Waals surface area contributed by atoms with Crippen LogP contribution in [0.1, 0.15) is 18.4 Å². The Morgan fingerprint density at radius 3 is 3.10 bits per heavy atom. The molecule has 0 aliphatic carbocycles. The minimum absolute atomic E-state index is 0.173. The average molecular weight is 275 g/mol. The Morgan fingerprint density at radius 1 is 1.60 bits per heavy atom. The minimum atomic E-state index is -0.396. The van der Waals surface area contributed by atoms with Crippen molar-refractivity contribution in [3.63, 3.8) is 0 Å². The van der Waals surface area contributed by atoms with Crippen molar-refractivity contribution in [1.29, 1.82) is 0 Å². The predicted octanol–water partition coefficient (Wildman–Crippen LogP) is 1.16. The second kappa shape index (κ2) is 6.94. The standard InChI is InChI=1S/C15H17NO4/c1-19-13-7-6-11(4-2-8-17)10-12(13)16-15(18)14-5-3-9-20-14/h6-7,10,14,17H,3,5,8-9H2,1H3,(H,16,18). The number of carbonyl (C=O) groups is 1. The molecule has 2 N–H and O–H groups in total. The van der Waals surface area contributed by atoms with Crippen LogP contribution in [-0.4, -0.2) is 37.4 Å². The van der Waals surface area contributed by atoms with Crippen molar-refractivity contribution in [3.8, 4) is 17.6 Å². The summed E-state index contributed by atoms with van der Waals surface area (Å²) in [6.07, 6.45) is 1.24. The first-order valence-corrected chi connectivity index (χ1v) is 6.45. The zero-order chi connectivity index (χ0) is 14.4. The third kappa shape index (κ3) is 3.50. The highest BCUT2D eigenvalue weighted by Gasteiger charge is 2.24. The molecule has 1 fully saturated rings. The molecule has 0 saturated carbocycles. The fraction of sp³-hybridized carbons (Fsp3) is 0.400. The van der Waals surface area contributed by atoms with Crippen LogP contribution < -0.4 is 10.1 Å². The van der Waals surface area contributed by atoms with Gasteiger partial charge >= 0.3 is 0 Å². The van der Waals surface area contributed by atoms with E-state index in [0.717, 1.165) is 12.8 Å². The fourth-order valence-electron chi connectivity index (χ4n) is 2.02. The average Bonchev–Trinajstić information content (AvgIpc) is 2.99. The van der Waals surface area contributed by atoms with Crippen LogP contribution in [0.2, 0.25) is 0 Å². The van der Waals surface area contributed by atoms with Crippen LogP contribution >= 0.6 is 0 Å². The summed E-state index contributed by atoms with van der Waals surface area (Å²) in [5, 5.41) is 11.5. The number of aliphatic hydroxyl groups is 1. The fourth-order valence-corrected chi connectivity index (χ4v) is 2.02. The number of hydrogen-bond donors (Lipinski definition) is 2. The molecule has 1 unspecified atom stereocenters. The Hall–Kier alpha value is -2.03. The highest BCUT2D eigenvalue weighted by atomic mass is 16.5. The largest absolute Gasteiger partial charge is 0.495 e. The molecule has 0 aromatic heterocycles. The number of rotatable bonds is 3. The number of benzene rings is 1. The van der Waals surface area contributed by atoms with Crippen LogP contribution in [0.25, 0.3) is 0 Å². The van der Waals surface area contributed by atoms with Gasteiger partial charge in [-0.25, -0.2) is 0 Å². The van der Waals surface area contributed by atoms with Gasteiger partial charge in [-0.15, -0.1) is 0 Å². The first-order chi connectivity index (χ1) is 9.74. The van der Waals surface area contributed by atoms with Crippen molar-refractivity contribution in [2.24, 2.45) is 0 Å². The summed E-state index contributed by atoms with van der Waals surface area (Å²) in [7, 11) is 1.54. The first kappa shape index (κ1) is 14.4. The highest BCUT2D eigenvalue weighted by Crippen LogP contribution is 2.26. The molecular formula is C15H17NO4. The van der Waals surface area contributed by atoms with Gasteiger partial charge in [0.1, 0.15) is 18.5 Å². The van der Waals surface area contributed by atoms with E-state index in [2.05, 4.69) is 17.2 Å². The summed E-state index contributed by atoms with van der Waals surface area (Å²) in [6.45, 7) is 0.418. The summed E-state index contributed by atoms with van der Waals surface area (Å²) in [6, 6.07) is 5.21. The maximum Gasteiger partial charge on any atom is 0.253 e. The number of aliphatic hydroxyl groups excluding tert-OH is 1. The van der Waals surface area contributed by atoms with Crippen LogP contribution in [0.15, 0.2) is 18.2 Å². The number of carbonyl (C=O) groups excluding carboxylic acids is 1. The molecule has 2 rings (SSSR count). The van der Waals surface area contributed by atoms with Gasteiger partial charge in [-0.1, -0.05) is 11.8 Å². The molecule has 106 valence electrons. The van der Waals surface area contributed by atoms with Gasteiger partial charge in [0, 0.05) is 12.2 Å². The molecule has 1 saturated heterocycles. The lowest BCUT2D eigenvalue weighted by atomic mass is 10.1. The van der Waals surface area contributed by atoms with E-state index < -0.39 is 6.10 Å². The van der Waals surface area contributed by atoms with Crippen molar-refractivity contribution in [3.05, 3.63) is 23.8 Å². The number of ether oxygens (including phenoxy) is 2. The molecule has 1 aliphatic heterocycles. The first-order valence-electron chi connectivity index (χ1n) is 6.45.